The van der Waals surface area contributed by atoms with Crippen molar-refractivity contribution in [1.29, 1.82) is 0 Å². The van der Waals surface area contributed by atoms with Gasteiger partial charge in [-0.05, 0) is 30.7 Å². The molecule has 4 aromatic rings. The number of nitrogens with zero attached hydrogens (tertiary/aromatic N) is 6. The topological polar surface area (TPSA) is 69.0 Å². The molecular formula is C22H24N6O. The van der Waals surface area contributed by atoms with Crippen molar-refractivity contribution in [2.75, 3.05) is 25.1 Å². The molecule has 1 aromatic carbocycles. The third-order valence-electron chi connectivity index (χ3n) is 4.63. The largest absolute Gasteiger partial charge is 0.492 e. The average Bonchev–Trinajstić information content (AvgIpc) is 3.17. The Hall–Kier alpha value is -3.48. The first-order valence-electron chi connectivity index (χ1n) is 9.79. The molecule has 7 nitrogen and oxygen atoms in total. The summed E-state index contributed by atoms with van der Waals surface area (Å²) in [5.41, 5.74) is 1.72. The number of rotatable bonds is 8. The second-order valence-electron chi connectivity index (χ2n) is 6.80. The van der Waals surface area contributed by atoms with Gasteiger partial charge >= 0.3 is 0 Å². The maximum Gasteiger partial charge on any atom is 0.165 e. The summed E-state index contributed by atoms with van der Waals surface area (Å²) in [6.07, 6.45) is 6.36. The quantitative estimate of drug-likeness (QED) is 0.457. The lowest BCUT2D eigenvalue weighted by Crippen LogP contribution is -2.25. The van der Waals surface area contributed by atoms with Crippen LogP contribution >= 0.6 is 0 Å². The van der Waals surface area contributed by atoms with E-state index in [9.17, 15) is 0 Å². The number of fused-ring (bicyclic) bond motifs is 1. The summed E-state index contributed by atoms with van der Waals surface area (Å²) in [6, 6.07) is 13.7. The lowest BCUT2D eigenvalue weighted by atomic mass is 10.2. The van der Waals surface area contributed by atoms with Crippen molar-refractivity contribution in [3.63, 3.8) is 0 Å². The van der Waals surface area contributed by atoms with Gasteiger partial charge in [0.2, 0.25) is 0 Å². The van der Waals surface area contributed by atoms with E-state index in [0.29, 0.717) is 19.0 Å². The Balaban J connectivity index is 1.64. The van der Waals surface area contributed by atoms with E-state index in [2.05, 4.69) is 21.9 Å². The van der Waals surface area contributed by atoms with Crippen molar-refractivity contribution < 1.29 is 4.74 Å². The molecule has 0 saturated heterocycles. The molecule has 29 heavy (non-hydrogen) atoms. The van der Waals surface area contributed by atoms with Gasteiger partial charge in [0.1, 0.15) is 18.2 Å². The van der Waals surface area contributed by atoms with E-state index in [1.807, 2.05) is 60.4 Å². The molecule has 0 aliphatic heterocycles. The molecule has 0 bridgehead atoms. The zero-order chi connectivity index (χ0) is 20.1. The highest BCUT2D eigenvalue weighted by Gasteiger charge is 2.17. The Morgan fingerprint density at radius 1 is 1.03 bits per heavy atom. The van der Waals surface area contributed by atoms with Crippen LogP contribution < -0.4 is 9.64 Å². The Morgan fingerprint density at radius 2 is 1.90 bits per heavy atom. The first kappa shape index (κ1) is 18.9. The summed E-state index contributed by atoms with van der Waals surface area (Å²) in [6.45, 7) is 4.18. The van der Waals surface area contributed by atoms with Crippen LogP contribution in [0.25, 0.3) is 22.4 Å². The van der Waals surface area contributed by atoms with Gasteiger partial charge in [-0.15, -0.1) is 0 Å². The molecule has 4 rings (SSSR count). The van der Waals surface area contributed by atoms with E-state index >= 15 is 0 Å². The Bertz CT molecular complexity index is 1060. The molecule has 0 aliphatic carbocycles. The molecule has 0 fully saturated rings. The predicted octanol–water partition coefficient (Wildman–Crippen LogP) is 3.81. The molecular weight excluding hydrogens is 364 g/mol. The van der Waals surface area contributed by atoms with Crippen LogP contribution in [-0.4, -0.2) is 44.9 Å². The maximum absolute atomic E-state index is 5.85. The standard InChI is InChI=1S/C22H24N6O/c1-3-12-28-22-19(16-24-28)21(25-20(26-22)17-8-7-11-23-15-17)27(2)13-14-29-18-9-5-4-6-10-18/h4-11,15-16H,3,12-14H2,1-2H3. The second-order valence-corrected chi connectivity index (χ2v) is 6.80. The maximum atomic E-state index is 5.85. The molecule has 0 spiro atoms. The lowest BCUT2D eigenvalue weighted by molar-refractivity contribution is 0.326. The molecule has 0 amide bonds. The van der Waals surface area contributed by atoms with Crippen LogP contribution in [0.15, 0.2) is 61.1 Å². The first-order chi connectivity index (χ1) is 14.3. The average molecular weight is 388 g/mol. The lowest BCUT2D eigenvalue weighted by Gasteiger charge is -2.20. The molecule has 0 aliphatic rings. The number of hydrogen-bond donors (Lipinski definition) is 0. The second kappa shape index (κ2) is 8.68. The number of ether oxygens (including phenoxy) is 1. The van der Waals surface area contributed by atoms with Crippen LogP contribution in [0.3, 0.4) is 0 Å². The number of hydrogen-bond acceptors (Lipinski definition) is 6. The third kappa shape index (κ3) is 4.18. The summed E-state index contributed by atoms with van der Waals surface area (Å²) in [7, 11) is 2.01. The minimum Gasteiger partial charge on any atom is -0.492 e. The number of likely N-dealkylation sites (N-methyl/N-ethyl adjacent to an activating group) is 1. The predicted molar refractivity (Wildman–Crippen MR) is 114 cm³/mol. The fraction of sp³-hybridized carbons (Fsp3) is 0.273. The monoisotopic (exact) mass is 388 g/mol. The molecule has 0 atom stereocenters. The van der Waals surface area contributed by atoms with E-state index in [1.54, 1.807) is 12.4 Å². The number of pyridine rings is 1. The van der Waals surface area contributed by atoms with Crippen LogP contribution in [0.4, 0.5) is 5.82 Å². The number of para-hydroxylation sites is 1. The Kier molecular flexibility index (Phi) is 5.65. The van der Waals surface area contributed by atoms with Gasteiger partial charge in [-0.1, -0.05) is 25.1 Å². The van der Waals surface area contributed by atoms with Crippen LogP contribution in [-0.2, 0) is 6.54 Å². The molecule has 148 valence electrons. The molecule has 0 radical (unpaired) electrons. The highest BCUT2D eigenvalue weighted by molar-refractivity contribution is 5.88. The number of aromatic nitrogens is 5. The molecule has 3 aromatic heterocycles. The van der Waals surface area contributed by atoms with Gasteiger partial charge in [-0.3, -0.25) is 4.98 Å². The smallest absolute Gasteiger partial charge is 0.165 e. The SMILES string of the molecule is CCCn1ncc2c(N(C)CCOc3ccccc3)nc(-c3cccnc3)nc21. The molecule has 0 unspecified atom stereocenters. The zero-order valence-electron chi connectivity index (χ0n) is 16.7. The van der Waals surface area contributed by atoms with Gasteiger partial charge in [-0.2, -0.15) is 5.10 Å². The molecule has 0 N–H and O–H groups in total. The van der Waals surface area contributed by atoms with Gasteiger partial charge in [0.15, 0.2) is 11.5 Å². The minimum absolute atomic E-state index is 0.553. The van der Waals surface area contributed by atoms with Crippen molar-refractivity contribution in [3.05, 3.63) is 61.1 Å². The Morgan fingerprint density at radius 3 is 2.66 bits per heavy atom. The van der Waals surface area contributed by atoms with Crippen molar-refractivity contribution >= 4 is 16.9 Å². The summed E-state index contributed by atoms with van der Waals surface area (Å²) in [4.78, 5) is 15.9. The van der Waals surface area contributed by atoms with Gasteiger partial charge < -0.3 is 9.64 Å². The third-order valence-corrected chi connectivity index (χ3v) is 4.63. The highest BCUT2D eigenvalue weighted by Crippen LogP contribution is 2.27. The van der Waals surface area contributed by atoms with E-state index in [1.165, 1.54) is 0 Å². The normalized spacial score (nSPS) is 11.0. The highest BCUT2D eigenvalue weighted by atomic mass is 16.5. The van der Waals surface area contributed by atoms with E-state index in [-0.39, 0.29) is 0 Å². The number of benzene rings is 1. The van der Waals surface area contributed by atoms with Crippen molar-refractivity contribution in [1.82, 2.24) is 24.7 Å². The van der Waals surface area contributed by atoms with Crippen LogP contribution in [0.2, 0.25) is 0 Å². The number of anilines is 1. The van der Waals surface area contributed by atoms with Crippen LogP contribution in [0, 0.1) is 0 Å². The fourth-order valence-electron chi connectivity index (χ4n) is 3.15. The van der Waals surface area contributed by atoms with E-state index in [4.69, 9.17) is 14.7 Å². The minimum atomic E-state index is 0.553. The number of aryl methyl sites for hydroxylation is 1. The molecule has 0 saturated carbocycles. The van der Waals surface area contributed by atoms with Crippen molar-refractivity contribution in [2.45, 2.75) is 19.9 Å². The van der Waals surface area contributed by atoms with Gasteiger partial charge in [-0.25, -0.2) is 14.6 Å². The summed E-state index contributed by atoms with van der Waals surface area (Å²) >= 11 is 0. The van der Waals surface area contributed by atoms with Crippen molar-refractivity contribution in [2.24, 2.45) is 0 Å². The van der Waals surface area contributed by atoms with E-state index in [0.717, 1.165) is 41.1 Å². The van der Waals surface area contributed by atoms with Gasteiger partial charge in [0, 0.05) is 31.5 Å². The van der Waals surface area contributed by atoms with Gasteiger partial charge in [0.25, 0.3) is 0 Å². The zero-order valence-corrected chi connectivity index (χ0v) is 16.7. The van der Waals surface area contributed by atoms with Gasteiger partial charge in [0.05, 0.1) is 18.1 Å². The summed E-state index contributed by atoms with van der Waals surface area (Å²) in [5, 5.41) is 5.47. The molecule has 7 heteroatoms. The first-order valence-corrected chi connectivity index (χ1v) is 9.79. The summed E-state index contributed by atoms with van der Waals surface area (Å²) in [5.74, 6) is 2.35. The summed E-state index contributed by atoms with van der Waals surface area (Å²) < 4.78 is 7.79. The fourth-order valence-corrected chi connectivity index (χ4v) is 3.15. The molecule has 3 heterocycles. The Labute approximate surface area is 170 Å². The van der Waals surface area contributed by atoms with Crippen LogP contribution in [0.5, 0.6) is 5.75 Å². The van der Waals surface area contributed by atoms with Crippen molar-refractivity contribution in [3.8, 4) is 17.1 Å². The van der Waals surface area contributed by atoms with Crippen LogP contribution in [0.1, 0.15) is 13.3 Å². The van der Waals surface area contributed by atoms with E-state index < -0.39 is 0 Å².